The van der Waals surface area contributed by atoms with E-state index in [-0.39, 0.29) is 11.5 Å². The number of hydrogen-bond donors (Lipinski definition) is 1. The van der Waals surface area contributed by atoms with Crippen LogP contribution in [0.15, 0.2) is 30.3 Å². The molecule has 1 amide bonds. The summed E-state index contributed by atoms with van der Waals surface area (Å²) in [6, 6.07) is 10.8. The number of amides is 1. The molecule has 0 aromatic heterocycles. The summed E-state index contributed by atoms with van der Waals surface area (Å²) in [7, 11) is 0. The number of carbonyl (C=O) groups excluding carboxylic acids is 1. The molecule has 1 heterocycles. The fourth-order valence-electron chi connectivity index (χ4n) is 3.54. The second-order valence-corrected chi connectivity index (χ2v) is 7.71. The van der Waals surface area contributed by atoms with Crippen molar-refractivity contribution in [3.05, 3.63) is 35.9 Å². The minimum absolute atomic E-state index is 0.242. The van der Waals surface area contributed by atoms with Gasteiger partial charge in [-0.3, -0.25) is 4.79 Å². The number of piperidine rings is 1. The van der Waals surface area contributed by atoms with Crippen LogP contribution < -0.4 is 5.73 Å². The van der Waals surface area contributed by atoms with Crippen LogP contribution in [0.5, 0.6) is 0 Å². The van der Waals surface area contributed by atoms with Gasteiger partial charge in [-0.1, -0.05) is 44.2 Å². The first-order chi connectivity index (χ1) is 10.9. The molecule has 2 rings (SSSR count). The van der Waals surface area contributed by atoms with E-state index in [0.29, 0.717) is 11.8 Å². The predicted molar refractivity (Wildman–Crippen MR) is 96.1 cm³/mol. The highest BCUT2D eigenvalue weighted by molar-refractivity contribution is 5.82. The molecular weight excluding hydrogens is 284 g/mol. The van der Waals surface area contributed by atoms with E-state index in [2.05, 4.69) is 49.9 Å². The lowest BCUT2D eigenvalue weighted by Gasteiger charge is -2.38. The average Bonchev–Trinajstić information content (AvgIpc) is 2.55. The Morgan fingerprint density at radius 1 is 1.26 bits per heavy atom. The number of nitrogens with zero attached hydrogens (tertiary/aromatic N) is 1. The third-order valence-corrected chi connectivity index (χ3v) is 5.26. The molecule has 0 saturated carbocycles. The maximum absolute atomic E-state index is 12.8. The molecule has 23 heavy (non-hydrogen) atoms. The van der Waals surface area contributed by atoms with Gasteiger partial charge in [0.2, 0.25) is 5.91 Å². The van der Waals surface area contributed by atoms with E-state index in [4.69, 9.17) is 5.73 Å². The minimum Gasteiger partial charge on any atom is -0.342 e. The molecule has 2 N–H and O–H groups in total. The van der Waals surface area contributed by atoms with E-state index < -0.39 is 0 Å². The summed E-state index contributed by atoms with van der Waals surface area (Å²) < 4.78 is 0. The van der Waals surface area contributed by atoms with Crippen molar-refractivity contribution >= 4 is 5.91 Å². The molecule has 0 bridgehead atoms. The Balaban J connectivity index is 1.80. The molecule has 3 nitrogen and oxygen atoms in total. The summed E-state index contributed by atoms with van der Waals surface area (Å²) in [4.78, 5) is 14.9. The van der Waals surface area contributed by atoms with Crippen molar-refractivity contribution in [1.29, 1.82) is 0 Å². The topological polar surface area (TPSA) is 46.3 Å². The van der Waals surface area contributed by atoms with Crippen molar-refractivity contribution in [1.82, 2.24) is 4.90 Å². The molecule has 0 aliphatic carbocycles. The molecule has 1 aromatic carbocycles. The number of likely N-dealkylation sites (tertiary alicyclic amines) is 1. The van der Waals surface area contributed by atoms with E-state index in [1.165, 1.54) is 5.56 Å². The molecule has 128 valence electrons. The first kappa shape index (κ1) is 18.0. The van der Waals surface area contributed by atoms with Crippen LogP contribution in [0.3, 0.4) is 0 Å². The monoisotopic (exact) mass is 316 g/mol. The molecule has 3 heteroatoms. The molecule has 1 aromatic rings. The Morgan fingerprint density at radius 3 is 2.43 bits per heavy atom. The largest absolute Gasteiger partial charge is 0.342 e. The number of nitrogens with two attached hydrogens (primary N) is 1. The summed E-state index contributed by atoms with van der Waals surface area (Å²) in [5.74, 6) is 0.883. The van der Waals surface area contributed by atoms with Gasteiger partial charge in [0.05, 0.1) is 0 Å². The summed E-state index contributed by atoms with van der Waals surface area (Å²) in [6.07, 6.45) is 5.13. The lowest BCUT2D eigenvalue weighted by molar-refractivity contribution is -0.142. The van der Waals surface area contributed by atoms with E-state index in [9.17, 15) is 4.79 Å². The zero-order valence-corrected chi connectivity index (χ0v) is 14.9. The minimum atomic E-state index is -0.268. The quantitative estimate of drug-likeness (QED) is 0.871. The van der Waals surface area contributed by atoms with Gasteiger partial charge < -0.3 is 10.6 Å². The van der Waals surface area contributed by atoms with Gasteiger partial charge in [-0.15, -0.1) is 0 Å². The molecule has 1 aliphatic rings. The second kappa shape index (κ2) is 7.96. The van der Waals surface area contributed by atoms with Gasteiger partial charge >= 0.3 is 0 Å². The molecule has 1 saturated heterocycles. The first-order valence-electron chi connectivity index (χ1n) is 8.99. The van der Waals surface area contributed by atoms with Gasteiger partial charge in [0.15, 0.2) is 0 Å². The van der Waals surface area contributed by atoms with Crippen molar-refractivity contribution in [2.45, 2.75) is 58.9 Å². The van der Waals surface area contributed by atoms with Crippen LogP contribution in [0, 0.1) is 11.3 Å². The maximum Gasteiger partial charge on any atom is 0.228 e. The highest BCUT2D eigenvalue weighted by Crippen LogP contribution is 2.29. The normalized spacial score (nSPS) is 18.0. The molecule has 0 spiro atoms. The highest BCUT2D eigenvalue weighted by Gasteiger charge is 2.34. The number of aryl methyl sites for hydroxylation is 1. The van der Waals surface area contributed by atoms with Gasteiger partial charge in [0.1, 0.15) is 0 Å². The third-order valence-electron chi connectivity index (χ3n) is 5.26. The Labute approximate surface area is 141 Å². The van der Waals surface area contributed by atoms with Gasteiger partial charge in [0, 0.05) is 24.5 Å². The smallest absolute Gasteiger partial charge is 0.228 e. The molecular formula is C20H32N2O. The number of rotatable bonds is 6. The van der Waals surface area contributed by atoms with Crippen LogP contribution in [0.1, 0.15) is 52.0 Å². The van der Waals surface area contributed by atoms with Gasteiger partial charge in [-0.25, -0.2) is 0 Å². The van der Waals surface area contributed by atoms with Crippen molar-refractivity contribution in [2.75, 3.05) is 13.1 Å². The summed E-state index contributed by atoms with van der Waals surface area (Å²) in [6.45, 7) is 8.01. The molecule has 0 radical (unpaired) electrons. The van der Waals surface area contributed by atoms with Crippen LogP contribution in [-0.2, 0) is 11.2 Å². The fourth-order valence-corrected chi connectivity index (χ4v) is 3.54. The zero-order valence-electron chi connectivity index (χ0n) is 14.9. The molecule has 1 atom stereocenters. The lowest BCUT2D eigenvalue weighted by atomic mass is 9.83. The molecule has 1 fully saturated rings. The summed E-state index contributed by atoms with van der Waals surface area (Å²) in [5, 5.41) is 0. The first-order valence-corrected chi connectivity index (χ1v) is 8.99. The summed E-state index contributed by atoms with van der Waals surface area (Å²) in [5.41, 5.74) is 7.08. The predicted octanol–water partition coefficient (Wildman–Crippen LogP) is 3.62. The maximum atomic E-state index is 12.8. The fraction of sp³-hybridized carbons (Fsp3) is 0.650. The van der Waals surface area contributed by atoms with Crippen molar-refractivity contribution in [2.24, 2.45) is 17.1 Å². The number of hydrogen-bond acceptors (Lipinski definition) is 2. The third kappa shape index (κ3) is 5.07. The van der Waals surface area contributed by atoms with E-state index >= 15 is 0 Å². The van der Waals surface area contributed by atoms with Gasteiger partial charge in [0.25, 0.3) is 0 Å². The highest BCUT2D eigenvalue weighted by atomic mass is 16.2. The summed E-state index contributed by atoms with van der Waals surface area (Å²) >= 11 is 0. The second-order valence-electron chi connectivity index (χ2n) is 7.71. The van der Waals surface area contributed by atoms with Crippen LogP contribution in [-0.4, -0.2) is 29.9 Å². The number of carbonyl (C=O) groups is 1. The van der Waals surface area contributed by atoms with E-state index in [1.807, 2.05) is 6.07 Å². The SMILES string of the molecule is CC(N)C1CCN(C(=O)C(C)(C)CCCc2ccccc2)CC1. The van der Waals surface area contributed by atoms with Crippen LogP contribution in [0.4, 0.5) is 0 Å². The Bertz CT molecular complexity index is 488. The Morgan fingerprint density at radius 2 is 1.87 bits per heavy atom. The number of benzene rings is 1. The van der Waals surface area contributed by atoms with E-state index in [1.54, 1.807) is 0 Å². The Kier molecular flexibility index (Phi) is 6.23. The van der Waals surface area contributed by atoms with Crippen LogP contribution >= 0.6 is 0 Å². The standard InChI is InChI=1S/C20H32N2O/c1-16(21)18-11-14-22(15-12-18)19(23)20(2,3)13-7-10-17-8-5-4-6-9-17/h4-6,8-9,16,18H,7,10-15,21H2,1-3H3. The van der Waals surface area contributed by atoms with Crippen molar-refractivity contribution in [3.63, 3.8) is 0 Å². The van der Waals surface area contributed by atoms with E-state index in [0.717, 1.165) is 45.2 Å². The zero-order chi connectivity index (χ0) is 16.9. The lowest BCUT2D eigenvalue weighted by Crippen LogP contribution is -2.47. The Hall–Kier alpha value is -1.35. The molecule has 1 aliphatic heterocycles. The van der Waals surface area contributed by atoms with Crippen molar-refractivity contribution < 1.29 is 4.79 Å². The average molecular weight is 316 g/mol. The van der Waals surface area contributed by atoms with Crippen LogP contribution in [0.2, 0.25) is 0 Å². The van der Waals surface area contributed by atoms with Crippen molar-refractivity contribution in [3.8, 4) is 0 Å². The van der Waals surface area contributed by atoms with Crippen LogP contribution in [0.25, 0.3) is 0 Å². The van der Waals surface area contributed by atoms with Gasteiger partial charge in [-0.2, -0.15) is 0 Å². The van der Waals surface area contributed by atoms with Gasteiger partial charge in [-0.05, 0) is 50.5 Å². The molecule has 1 unspecified atom stereocenters.